The second kappa shape index (κ2) is 10.1. The number of aromatic nitrogens is 3. The second-order valence-corrected chi connectivity index (χ2v) is 9.02. The van der Waals surface area contributed by atoms with E-state index < -0.39 is 17.6 Å². The van der Waals surface area contributed by atoms with E-state index in [1.165, 1.54) is 24.3 Å². The number of pyridine rings is 1. The van der Waals surface area contributed by atoms with Crippen molar-refractivity contribution < 1.29 is 32.9 Å². The number of rotatable bonds is 6. The van der Waals surface area contributed by atoms with Gasteiger partial charge in [0.15, 0.2) is 5.65 Å². The van der Waals surface area contributed by atoms with Crippen LogP contribution in [0.2, 0.25) is 0 Å². The van der Waals surface area contributed by atoms with Crippen molar-refractivity contribution in [3.05, 3.63) is 47.9 Å². The van der Waals surface area contributed by atoms with Gasteiger partial charge in [-0.15, -0.1) is 13.2 Å². The van der Waals surface area contributed by atoms with Crippen LogP contribution in [0, 0.1) is 6.92 Å². The number of hydrogen-bond donors (Lipinski definition) is 2. The molecular weight excluding hydrogens is 451 g/mol. The molecule has 0 spiro atoms. The minimum atomic E-state index is -4.73. The van der Waals surface area contributed by atoms with E-state index in [9.17, 15) is 23.1 Å². The lowest BCUT2D eigenvalue weighted by molar-refractivity contribution is -0.274. The Balaban J connectivity index is 0.000000387. The molecule has 0 saturated carbocycles. The molecule has 0 atom stereocenters. The minimum Gasteiger partial charge on any atom is -0.406 e. The first-order chi connectivity index (χ1) is 15.5. The number of imidazole rings is 1. The predicted molar refractivity (Wildman–Crippen MR) is 122 cm³/mol. The normalized spacial score (nSPS) is 12.3. The van der Waals surface area contributed by atoms with Crippen molar-refractivity contribution in [1.29, 1.82) is 0 Å². The number of ketones is 1. The van der Waals surface area contributed by atoms with Crippen molar-refractivity contribution in [2.24, 2.45) is 0 Å². The number of nitrogens with zero attached hydrogens (tertiary/aromatic N) is 3. The van der Waals surface area contributed by atoms with Gasteiger partial charge in [0.2, 0.25) is 0 Å². The third kappa shape index (κ3) is 7.81. The fourth-order valence-electron chi connectivity index (χ4n) is 3.12. The van der Waals surface area contributed by atoms with Crippen LogP contribution in [0.25, 0.3) is 16.9 Å². The number of aliphatic hydroxyl groups is 2. The Morgan fingerprint density at radius 1 is 1.00 bits per heavy atom. The SMILES string of the molecule is CCC(=O)CC(C)(C)O.Cc1nc2ccc(C(C)(C)O)nc2n1-c1ccc(OC(F)(F)F)cc1. The summed E-state index contributed by atoms with van der Waals surface area (Å²) in [5.74, 6) is 0.436. The largest absolute Gasteiger partial charge is 0.573 e. The molecule has 2 heterocycles. The summed E-state index contributed by atoms with van der Waals surface area (Å²) < 4.78 is 42.4. The van der Waals surface area contributed by atoms with E-state index in [-0.39, 0.29) is 18.0 Å². The van der Waals surface area contributed by atoms with Crippen LogP contribution in [0.15, 0.2) is 36.4 Å². The van der Waals surface area contributed by atoms with Crippen LogP contribution in [0.3, 0.4) is 0 Å². The first kappa shape index (κ1) is 27.3. The minimum absolute atomic E-state index is 0.113. The summed E-state index contributed by atoms with van der Waals surface area (Å²) >= 11 is 0. The van der Waals surface area contributed by atoms with Crippen LogP contribution in [0.1, 0.15) is 59.0 Å². The van der Waals surface area contributed by atoms with Crippen molar-refractivity contribution in [3.8, 4) is 11.4 Å². The fraction of sp³-hybridized carbons (Fsp3) is 0.458. The average molecular weight is 482 g/mol. The lowest BCUT2D eigenvalue weighted by atomic mass is 10.0. The molecular formula is C24H30F3N3O4. The smallest absolute Gasteiger partial charge is 0.406 e. The van der Waals surface area contributed by atoms with E-state index in [0.29, 0.717) is 34.8 Å². The van der Waals surface area contributed by atoms with E-state index in [2.05, 4.69) is 14.7 Å². The van der Waals surface area contributed by atoms with Crippen molar-refractivity contribution in [1.82, 2.24) is 14.5 Å². The first-order valence-electron chi connectivity index (χ1n) is 10.7. The molecule has 3 rings (SSSR count). The Labute approximate surface area is 196 Å². The molecule has 1 aromatic carbocycles. The highest BCUT2D eigenvalue weighted by molar-refractivity contribution is 5.78. The number of Topliss-reactive ketones (excluding diaryl/α,β-unsaturated/α-hetero) is 1. The molecule has 0 radical (unpaired) electrons. The molecule has 0 aliphatic rings. The molecule has 0 fully saturated rings. The molecule has 7 nitrogen and oxygen atoms in total. The summed E-state index contributed by atoms with van der Waals surface area (Å²) in [6.07, 6.45) is -3.95. The Bertz CT molecular complexity index is 1130. The number of aryl methyl sites for hydroxylation is 1. The Morgan fingerprint density at radius 2 is 1.59 bits per heavy atom. The predicted octanol–water partition coefficient (Wildman–Crippen LogP) is 4.98. The number of carbonyl (C=O) groups is 1. The van der Waals surface area contributed by atoms with Crippen LogP contribution >= 0.6 is 0 Å². The maximum atomic E-state index is 12.3. The van der Waals surface area contributed by atoms with Crippen LogP contribution in [0.5, 0.6) is 5.75 Å². The number of carbonyl (C=O) groups excluding carboxylic acids is 1. The monoisotopic (exact) mass is 481 g/mol. The first-order valence-corrected chi connectivity index (χ1v) is 10.7. The number of hydrogen-bond acceptors (Lipinski definition) is 6. The molecule has 186 valence electrons. The van der Waals surface area contributed by atoms with Gasteiger partial charge in [0.05, 0.1) is 11.3 Å². The maximum Gasteiger partial charge on any atom is 0.573 e. The molecule has 0 amide bonds. The fourth-order valence-corrected chi connectivity index (χ4v) is 3.12. The Hall–Kier alpha value is -2.98. The molecule has 10 heteroatoms. The van der Waals surface area contributed by atoms with Gasteiger partial charge >= 0.3 is 6.36 Å². The standard InChI is InChI=1S/C17H16F3N3O2.C7H14O2/c1-10-21-13-8-9-14(16(2,3)24)22-15(13)23(10)11-4-6-12(7-5-11)25-17(18,19)20;1-4-6(8)5-7(2,3)9/h4-9,24H,1-3H3;9H,4-5H2,1-3H3. The number of fused-ring (bicyclic) bond motifs is 1. The van der Waals surface area contributed by atoms with E-state index in [0.717, 1.165) is 0 Å². The molecule has 2 N–H and O–H groups in total. The Morgan fingerprint density at radius 3 is 2.03 bits per heavy atom. The van der Waals surface area contributed by atoms with Gasteiger partial charge in [-0.25, -0.2) is 9.97 Å². The molecule has 0 saturated heterocycles. The zero-order valence-corrected chi connectivity index (χ0v) is 20.1. The molecule has 0 bridgehead atoms. The van der Waals surface area contributed by atoms with Gasteiger partial charge in [-0.2, -0.15) is 0 Å². The van der Waals surface area contributed by atoms with E-state index >= 15 is 0 Å². The maximum absolute atomic E-state index is 12.3. The lowest BCUT2D eigenvalue weighted by Gasteiger charge is -2.16. The highest BCUT2D eigenvalue weighted by atomic mass is 19.4. The van der Waals surface area contributed by atoms with Gasteiger partial charge in [-0.1, -0.05) is 6.92 Å². The third-order valence-corrected chi connectivity index (χ3v) is 4.65. The summed E-state index contributed by atoms with van der Waals surface area (Å²) in [4.78, 5) is 19.5. The van der Waals surface area contributed by atoms with Gasteiger partial charge in [0.1, 0.15) is 28.5 Å². The molecule has 0 aliphatic carbocycles. The number of halogens is 3. The zero-order valence-electron chi connectivity index (χ0n) is 20.1. The molecule has 0 aliphatic heterocycles. The number of ether oxygens (including phenoxy) is 1. The van der Waals surface area contributed by atoms with Crippen LogP contribution in [-0.4, -0.2) is 42.5 Å². The van der Waals surface area contributed by atoms with Gasteiger partial charge in [0.25, 0.3) is 0 Å². The summed E-state index contributed by atoms with van der Waals surface area (Å²) in [6, 6.07) is 8.89. The summed E-state index contributed by atoms with van der Waals surface area (Å²) in [5, 5.41) is 19.2. The lowest BCUT2D eigenvalue weighted by Crippen LogP contribution is -2.22. The topological polar surface area (TPSA) is 97.5 Å². The van der Waals surface area contributed by atoms with Gasteiger partial charge in [-0.3, -0.25) is 9.36 Å². The van der Waals surface area contributed by atoms with Crippen LogP contribution in [0.4, 0.5) is 13.2 Å². The second-order valence-electron chi connectivity index (χ2n) is 9.02. The quantitative estimate of drug-likeness (QED) is 0.515. The van der Waals surface area contributed by atoms with E-state index in [4.69, 9.17) is 5.11 Å². The molecule has 2 aromatic heterocycles. The van der Waals surface area contributed by atoms with E-state index in [1.807, 2.05) is 0 Å². The molecule has 0 unspecified atom stereocenters. The van der Waals surface area contributed by atoms with Crippen molar-refractivity contribution in [2.45, 2.75) is 71.9 Å². The number of alkyl halides is 3. The van der Waals surface area contributed by atoms with Gasteiger partial charge < -0.3 is 14.9 Å². The third-order valence-electron chi connectivity index (χ3n) is 4.65. The van der Waals surface area contributed by atoms with Crippen molar-refractivity contribution in [3.63, 3.8) is 0 Å². The van der Waals surface area contributed by atoms with Crippen molar-refractivity contribution in [2.75, 3.05) is 0 Å². The zero-order chi connectivity index (χ0) is 25.9. The van der Waals surface area contributed by atoms with Crippen molar-refractivity contribution >= 4 is 16.9 Å². The Kier molecular flexibility index (Phi) is 8.10. The highest BCUT2D eigenvalue weighted by Gasteiger charge is 2.31. The summed E-state index contributed by atoms with van der Waals surface area (Å²) in [6.45, 7) is 10.1. The summed E-state index contributed by atoms with van der Waals surface area (Å²) in [5.41, 5.74) is 0.255. The highest BCUT2D eigenvalue weighted by Crippen LogP contribution is 2.27. The van der Waals surface area contributed by atoms with Crippen LogP contribution in [-0.2, 0) is 10.4 Å². The number of benzene rings is 1. The molecule has 3 aromatic rings. The average Bonchev–Trinajstić information content (AvgIpc) is 3.01. The van der Waals surface area contributed by atoms with E-state index in [1.54, 1.807) is 58.2 Å². The summed E-state index contributed by atoms with van der Waals surface area (Å²) in [7, 11) is 0. The van der Waals surface area contributed by atoms with Gasteiger partial charge in [0, 0.05) is 18.5 Å². The van der Waals surface area contributed by atoms with Gasteiger partial charge in [-0.05, 0) is 71.0 Å². The van der Waals surface area contributed by atoms with Crippen LogP contribution < -0.4 is 4.74 Å². The molecule has 34 heavy (non-hydrogen) atoms.